The summed E-state index contributed by atoms with van der Waals surface area (Å²) in [6.07, 6.45) is 0.370. The Kier molecular flexibility index (Phi) is 5.46. The lowest BCUT2D eigenvalue weighted by Crippen LogP contribution is -2.24. The lowest BCUT2D eigenvalue weighted by molar-refractivity contribution is -0.128. The largest absolute Gasteiger partial charge is 0.497 e. The lowest BCUT2D eigenvalue weighted by Gasteiger charge is -2.16. The van der Waals surface area contributed by atoms with Crippen LogP contribution in [0.2, 0.25) is 0 Å². The Morgan fingerprint density at radius 2 is 2.00 bits per heavy atom. The molecule has 1 saturated heterocycles. The maximum absolute atomic E-state index is 12.5. The normalized spacial score (nSPS) is 16.3. The number of carbonyl (C=O) groups excluding carboxylic acids is 1. The number of rotatable bonds is 7. The second kappa shape index (κ2) is 8.34. The molecule has 0 radical (unpaired) electrons. The fourth-order valence-corrected chi connectivity index (χ4v) is 3.47. The number of hydrogen-bond donors (Lipinski definition) is 0. The molecule has 1 fully saturated rings. The zero-order valence-corrected chi connectivity index (χ0v) is 16.5. The molecule has 0 saturated carbocycles. The third kappa shape index (κ3) is 4.23. The fourth-order valence-electron chi connectivity index (χ4n) is 3.47. The first kappa shape index (κ1) is 19.0. The van der Waals surface area contributed by atoms with Gasteiger partial charge in [-0.25, -0.2) is 0 Å². The van der Waals surface area contributed by atoms with Gasteiger partial charge in [-0.05, 0) is 48.9 Å². The molecule has 3 aromatic rings. The van der Waals surface area contributed by atoms with Crippen LogP contribution in [0.5, 0.6) is 11.5 Å². The first-order valence-electron chi connectivity index (χ1n) is 9.63. The molecule has 1 amide bonds. The number of likely N-dealkylation sites (tertiary alicyclic amines) is 1. The molecule has 1 aliphatic rings. The van der Waals surface area contributed by atoms with E-state index in [9.17, 15) is 4.79 Å². The number of nitrogens with zero attached hydrogens (tertiary/aromatic N) is 3. The number of hydrogen-bond acceptors (Lipinski definition) is 6. The van der Waals surface area contributed by atoms with E-state index in [2.05, 4.69) is 10.1 Å². The third-order valence-electron chi connectivity index (χ3n) is 4.94. The number of aromatic nitrogens is 2. The maximum atomic E-state index is 12.5. The van der Waals surface area contributed by atoms with Crippen molar-refractivity contribution in [1.82, 2.24) is 15.0 Å². The summed E-state index contributed by atoms with van der Waals surface area (Å²) in [7, 11) is 1.62. The molecule has 2 aromatic carbocycles. The van der Waals surface area contributed by atoms with Gasteiger partial charge in [0.05, 0.1) is 19.6 Å². The van der Waals surface area contributed by atoms with Gasteiger partial charge in [-0.2, -0.15) is 4.98 Å². The van der Waals surface area contributed by atoms with E-state index in [0.717, 1.165) is 22.6 Å². The van der Waals surface area contributed by atoms with E-state index < -0.39 is 0 Å². The van der Waals surface area contributed by atoms with Crippen molar-refractivity contribution >= 4 is 5.91 Å². The van der Waals surface area contributed by atoms with Crippen LogP contribution < -0.4 is 9.47 Å². The van der Waals surface area contributed by atoms with Gasteiger partial charge in [-0.15, -0.1) is 0 Å². The highest BCUT2D eigenvalue weighted by Gasteiger charge is 2.34. The van der Waals surface area contributed by atoms with Crippen molar-refractivity contribution in [3.05, 3.63) is 60.0 Å². The van der Waals surface area contributed by atoms with Gasteiger partial charge in [0.2, 0.25) is 17.6 Å². The van der Waals surface area contributed by atoms with E-state index >= 15 is 0 Å². The summed E-state index contributed by atoms with van der Waals surface area (Å²) in [6, 6.07) is 15.3. The van der Waals surface area contributed by atoms with E-state index in [1.54, 1.807) is 7.11 Å². The van der Waals surface area contributed by atoms with E-state index in [4.69, 9.17) is 14.0 Å². The summed E-state index contributed by atoms with van der Waals surface area (Å²) in [5.74, 6) is 2.57. The minimum atomic E-state index is -0.0999. The van der Waals surface area contributed by atoms with Crippen LogP contribution in [0.3, 0.4) is 0 Å². The van der Waals surface area contributed by atoms with Crippen molar-refractivity contribution in [1.29, 1.82) is 0 Å². The van der Waals surface area contributed by atoms with Crippen molar-refractivity contribution in [3.8, 4) is 22.9 Å². The molecule has 0 aliphatic carbocycles. The van der Waals surface area contributed by atoms with Gasteiger partial charge in [0, 0.05) is 25.1 Å². The van der Waals surface area contributed by atoms with E-state index in [1.165, 1.54) is 0 Å². The Morgan fingerprint density at radius 3 is 2.76 bits per heavy atom. The second-order valence-corrected chi connectivity index (χ2v) is 6.94. The van der Waals surface area contributed by atoms with Gasteiger partial charge >= 0.3 is 0 Å². The number of carbonyl (C=O) groups is 1. The van der Waals surface area contributed by atoms with Crippen LogP contribution in [-0.2, 0) is 11.3 Å². The second-order valence-electron chi connectivity index (χ2n) is 6.94. The molecule has 4 rings (SSSR count). The number of methoxy groups -OCH3 is 1. The Balaban J connectivity index is 1.44. The minimum Gasteiger partial charge on any atom is -0.497 e. The number of ether oxygens (including phenoxy) is 2. The molecule has 1 aliphatic heterocycles. The van der Waals surface area contributed by atoms with Crippen molar-refractivity contribution in [3.63, 3.8) is 0 Å². The summed E-state index contributed by atoms with van der Waals surface area (Å²) < 4.78 is 16.2. The predicted octanol–water partition coefficient (Wildman–Crippen LogP) is 3.66. The summed E-state index contributed by atoms with van der Waals surface area (Å²) >= 11 is 0. The van der Waals surface area contributed by atoms with Crippen LogP contribution in [-0.4, -0.2) is 41.2 Å². The molecule has 150 valence electrons. The SMILES string of the molecule is CCOc1cccc(CN2CC(c3nc(-c4ccc(OC)cc4)no3)CC2=O)c1. The molecular weight excluding hydrogens is 370 g/mol. The Morgan fingerprint density at radius 1 is 1.17 bits per heavy atom. The van der Waals surface area contributed by atoms with E-state index in [0.29, 0.717) is 37.8 Å². The van der Waals surface area contributed by atoms with Crippen LogP contribution >= 0.6 is 0 Å². The number of amides is 1. The zero-order valence-electron chi connectivity index (χ0n) is 16.5. The highest BCUT2D eigenvalue weighted by Crippen LogP contribution is 2.30. The molecule has 2 heterocycles. The van der Waals surface area contributed by atoms with Gasteiger partial charge in [0.15, 0.2) is 0 Å². The molecule has 7 heteroatoms. The van der Waals surface area contributed by atoms with Crippen molar-refractivity contribution in [2.75, 3.05) is 20.3 Å². The highest BCUT2D eigenvalue weighted by molar-refractivity contribution is 5.79. The van der Waals surface area contributed by atoms with Gasteiger partial charge in [0.1, 0.15) is 11.5 Å². The Labute approximate surface area is 169 Å². The smallest absolute Gasteiger partial charge is 0.232 e. The average molecular weight is 393 g/mol. The molecule has 7 nitrogen and oxygen atoms in total. The zero-order chi connectivity index (χ0) is 20.2. The molecule has 0 N–H and O–H groups in total. The first-order chi connectivity index (χ1) is 14.2. The first-order valence-corrected chi connectivity index (χ1v) is 9.63. The van der Waals surface area contributed by atoms with Crippen LogP contribution in [0.15, 0.2) is 53.1 Å². The molecule has 1 unspecified atom stereocenters. The third-order valence-corrected chi connectivity index (χ3v) is 4.94. The minimum absolute atomic E-state index is 0.0843. The van der Waals surface area contributed by atoms with Crippen LogP contribution in [0.25, 0.3) is 11.4 Å². The number of benzene rings is 2. The van der Waals surface area contributed by atoms with Crippen molar-refractivity contribution < 1.29 is 18.8 Å². The summed E-state index contributed by atoms with van der Waals surface area (Å²) in [5, 5.41) is 4.08. The van der Waals surface area contributed by atoms with Crippen molar-refractivity contribution in [2.24, 2.45) is 0 Å². The molecule has 1 atom stereocenters. The van der Waals surface area contributed by atoms with E-state index in [1.807, 2.05) is 60.4 Å². The Hall–Kier alpha value is -3.35. The van der Waals surface area contributed by atoms with Gasteiger partial charge < -0.3 is 18.9 Å². The standard InChI is InChI=1S/C22H23N3O4/c1-3-28-19-6-4-5-15(11-19)13-25-14-17(12-20(25)26)22-23-21(24-29-22)16-7-9-18(27-2)10-8-16/h4-11,17H,3,12-14H2,1-2H3. The summed E-state index contributed by atoms with van der Waals surface area (Å²) in [5.41, 5.74) is 1.88. The van der Waals surface area contributed by atoms with E-state index in [-0.39, 0.29) is 11.8 Å². The molecule has 0 bridgehead atoms. The van der Waals surface area contributed by atoms with Gasteiger partial charge in [-0.1, -0.05) is 17.3 Å². The van der Waals surface area contributed by atoms with Gasteiger partial charge in [0.25, 0.3) is 0 Å². The van der Waals surface area contributed by atoms with Crippen LogP contribution in [0.4, 0.5) is 0 Å². The van der Waals surface area contributed by atoms with Crippen molar-refractivity contribution in [2.45, 2.75) is 25.8 Å². The Bertz CT molecular complexity index is 984. The summed E-state index contributed by atoms with van der Waals surface area (Å²) in [6.45, 7) is 3.66. The van der Waals surface area contributed by atoms with Gasteiger partial charge in [-0.3, -0.25) is 4.79 Å². The monoisotopic (exact) mass is 393 g/mol. The lowest BCUT2D eigenvalue weighted by atomic mass is 10.1. The summed E-state index contributed by atoms with van der Waals surface area (Å²) in [4.78, 5) is 18.9. The fraction of sp³-hybridized carbons (Fsp3) is 0.318. The highest BCUT2D eigenvalue weighted by atomic mass is 16.5. The molecule has 1 aromatic heterocycles. The average Bonchev–Trinajstić information content (AvgIpc) is 3.36. The molecule has 0 spiro atoms. The predicted molar refractivity (Wildman–Crippen MR) is 107 cm³/mol. The van der Waals surface area contributed by atoms with Crippen LogP contribution in [0.1, 0.15) is 30.7 Å². The maximum Gasteiger partial charge on any atom is 0.232 e. The molecule has 29 heavy (non-hydrogen) atoms. The topological polar surface area (TPSA) is 77.7 Å². The molecular formula is C22H23N3O4. The quantitative estimate of drug-likeness (QED) is 0.610. The van der Waals surface area contributed by atoms with Crippen LogP contribution in [0, 0.1) is 0 Å².